The fourth-order valence-corrected chi connectivity index (χ4v) is 8.17. The fraction of sp³-hybridized carbons (Fsp3) is 0. The number of hydrogen-bond donors (Lipinski definition) is 0. The van der Waals surface area contributed by atoms with E-state index in [4.69, 9.17) is 0 Å². The highest BCUT2D eigenvalue weighted by molar-refractivity contribution is 7.25. The van der Waals surface area contributed by atoms with Crippen LogP contribution in [0.3, 0.4) is 0 Å². The summed E-state index contributed by atoms with van der Waals surface area (Å²) in [5, 5.41) is 7.52. The van der Waals surface area contributed by atoms with Crippen molar-refractivity contribution in [1.82, 2.24) is 0 Å². The molecule has 50 heavy (non-hydrogen) atoms. The molecule has 9 aromatic rings. The minimum absolute atomic E-state index is 1.11. The highest BCUT2D eigenvalue weighted by Crippen LogP contribution is 2.42. The predicted octanol–water partition coefficient (Wildman–Crippen LogP) is 14.4. The molecule has 0 fully saturated rings. The van der Waals surface area contributed by atoms with E-state index < -0.39 is 0 Å². The molecule has 8 aromatic carbocycles. The second-order valence-electron chi connectivity index (χ2n) is 12.7. The standard InChI is InChI=1S/C48H33NS/c1-2-3-10-33-11-9-14-42(27-33)49(44-25-26-46-45-15-7-8-16-47(45)50-48(46)32-44)43-24-23-40-30-39(21-22-41(40)31-43)38-20-19-36-28-35(17-18-37(36)29-38)34-12-5-4-6-13-34/h2-32H,1H2/b10-3-. The second kappa shape index (κ2) is 12.7. The summed E-state index contributed by atoms with van der Waals surface area (Å²) in [6, 6.07) is 62.0. The number of thiophene rings is 1. The number of anilines is 3. The lowest BCUT2D eigenvalue weighted by Crippen LogP contribution is -2.10. The molecule has 2 heteroatoms. The lowest BCUT2D eigenvalue weighted by Gasteiger charge is -2.26. The zero-order valence-corrected chi connectivity index (χ0v) is 28.3. The van der Waals surface area contributed by atoms with Crippen LogP contribution in [0.15, 0.2) is 189 Å². The van der Waals surface area contributed by atoms with Crippen molar-refractivity contribution in [2.45, 2.75) is 0 Å². The summed E-state index contributed by atoms with van der Waals surface area (Å²) < 4.78 is 2.60. The Bertz CT molecular complexity index is 2730. The van der Waals surface area contributed by atoms with Crippen LogP contribution in [-0.4, -0.2) is 0 Å². The number of fused-ring (bicyclic) bond motifs is 5. The largest absolute Gasteiger partial charge is 0.310 e. The molecule has 0 aliphatic carbocycles. The summed E-state index contributed by atoms with van der Waals surface area (Å²) in [5.41, 5.74) is 9.42. The quantitative estimate of drug-likeness (QED) is 0.154. The third-order valence-electron chi connectivity index (χ3n) is 9.54. The molecular weight excluding hydrogens is 623 g/mol. The molecule has 0 aliphatic heterocycles. The van der Waals surface area contributed by atoms with Gasteiger partial charge in [-0.3, -0.25) is 0 Å². The van der Waals surface area contributed by atoms with Gasteiger partial charge in [0.2, 0.25) is 0 Å². The van der Waals surface area contributed by atoms with Crippen LogP contribution >= 0.6 is 11.3 Å². The fourth-order valence-electron chi connectivity index (χ4n) is 7.03. The summed E-state index contributed by atoms with van der Waals surface area (Å²) in [6.45, 7) is 3.86. The minimum Gasteiger partial charge on any atom is -0.310 e. The molecule has 0 bridgehead atoms. The Morgan fingerprint density at radius 3 is 1.74 bits per heavy atom. The Balaban J connectivity index is 1.10. The third kappa shape index (κ3) is 5.56. The van der Waals surface area contributed by atoms with Gasteiger partial charge in [-0.1, -0.05) is 134 Å². The molecule has 1 heterocycles. The van der Waals surface area contributed by atoms with Crippen molar-refractivity contribution < 1.29 is 0 Å². The van der Waals surface area contributed by atoms with Gasteiger partial charge in [0.1, 0.15) is 0 Å². The zero-order chi connectivity index (χ0) is 33.4. The highest BCUT2D eigenvalue weighted by Gasteiger charge is 2.16. The van der Waals surface area contributed by atoms with Crippen LogP contribution < -0.4 is 4.90 Å². The van der Waals surface area contributed by atoms with E-state index in [1.165, 1.54) is 64.0 Å². The highest BCUT2D eigenvalue weighted by atomic mass is 32.1. The van der Waals surface area contributed by atoms with E-state index in [9.17, 15) is 0 Å². The number of nitrogens with zero attached hydrogens (tertiary/aromatic N) is 1. The molecule has 0 radical (unpaired) electrons. The van der Waals surface area contributed by atoms with Gasteiger partial charge in [-0.2, -0.15) is 0 Å². The van der Waals surface area contributed by atoms with Gasteiger partial charge in [0.05, 0.1) is 0 Å². The molecule has 0 N–H and O–H groups in total. The van der Waals surface area contributed by atoms with Gasteiger partial charge in [-0.05, 0) is 110 Å². The monoisotopic (exact) mass is 655 g/mol. The van der Waals surface area contributed by atoms with Gasteiger partial charge in [0, 0.05) is 37.2 Å². The maximum absolute atomic E-state index is 3.86. The van der Waals surface area contributed by atoms with Crippen molar-refractivity contribution in [2.75, 3.05) is 4.90 Å². The van der Waals surface area contributed by atoms with Crippen LogP contribution in [0.5, 0.6) is 0 Å². The van der Waals surface area contributed by atoms with Crippen LogP contribution in [0.1, 0.15) is 5.56 Å². The third-order valence-corrected chi connectivity index (χ3v) is 10.7. The van der Waals surface area contributed by atoms with E-state index in [2.05, 4.69) is 187 Å². The average Bonchev–Trinajstić information content (AvgIpc) is 3.55. The van der Waals surface area contributed by atoms with Crippen molar-refractivity contribution in [2.24, 2.45) is 0 Å². The van der Waals surface area contributed by atoms with Gasteiger partial charge >= 0.3 is 0 Å². The van der Waals surface area contributed by atoms with Crippen LogP contribution in [-0.2, 0) is 0 Å². The SMILES string of the molecule is C=C/C=C\c1cccc(N(c2ccc3cc(-c4ccc5cc(-c6ccccc6)ccc5c4)ccc3c2)c2ccc3c(c2)sc2ccccc23)c1. The van der Waals surface area contributed by atoms with E-state index in [1.54, 1.807) is 0 Å². The first kappa shape index (κ1) is 29.9. The molecule has 9 rings (SSSR count). The maximum Gasteiger partial charge on any atom is 0.0476 e. The molecule has 0 saturated heterocycles. The molecule has 1 aromatic heterocycles. The Morgan fingerprint density at radius 1 is 0.420 bits per heavy atom. The number of allylic oxidation sites excluding steroid dienone is 2. The minimum atomic E-state index is 1.11. The predicted molar refractivity (Wildman–Crippen MR) is 219 cm³/mol. The van der Waals surface area contributed by atoms with Gasteiger partial charge in [-0.15, -0.1) is 11.3 Å². The van der Waals surface area contributed by atoms with Crippen LogP contribution in [0, 0.1) is 0 Å². The molecule has 1 nitrogen and oxygen atoms in total. The zero-order valence-electron chi connectivity index (χ0n) is 27.5. The second-order valence-corrected chi connectivity index (χ2v) is 13.8. The van der Waals surface area contributed by atoms with Crippen molar-refractivity contribution in [3.05, 3.63) is 194 Å². The summed E-state index contributed by atoms with van der Waals surface area (Å²) in [7, 11) is 0. The number of rotatable bonds is 7. The molecule has 0 atom stereocenters. The molecule has 236 valence electrons. The molecule has 0 saturated carbocycles. The van der Waals surface area contributed by atoms with E-state index in [1.807, 2.05) is 23.5 Å². The van der Waals surface area contributed by atoms with Crippen LogP contribution in [0.2, 0.25) is 0 Å². The lowest BCUT2D eigenvalue weighted by molar-refractivity contribution is 1.29. The van der Waals surface area contributed by atoms with Gasteiger partial charge < -0.3 is 4.90 Å². The Kier molecular flexibility index (Phi) is 7.57. The van der Waals surface area contributed by atoms with Crippen molar-refractivity contribution in [3.8, 4) is 22.3 Å². The topological polar surface area (TPSA) is 3.24 Å². The summed E-state index contributed by atoms with van der Waals surface area (Å²) in [5.74, 6) is 0. The van der Waals surface area contributed by atoms with Gasteiger partial charge in [0.25, 0.3) is 0 Å². The van der Waals surface area contributed by atoms with E-state index in [-0.39, 0.29) is 0 Å². The van der Waals surface area contributed by atoms with Crippen LogP contribution in [0.4, 0.5) is 17.1 Å². The summed E-state index contributed by atoms with van der Waals surface area (Å²) in [4.78, 5) is 2.37. The Hall–Kier alpha value is -6.22. The van der Waals surface area contributed by atoms with Crippen molar-refractivity contribution in [1.29, 1.82) is 0 Å². The number of benzene rings is 8. The van der Waals surface area contributed by atoms with Crippen molar-refractivity contribution in [3.63, 3.8) is 0 Å². The molecule has 0 unspecified atom stereocenters. The first-order chi connectivity index (χ1) is 24.7. The normalized spacial score (nSPS) is 11.6. The Morgan fingerprint density at radius 2 is 1.00 bits per heavy atom. The van der Waals surface area contributed by atoms with Gasteiger partial charge in [-0.25, -0.2) is 0 Å². The van der Waals surface area contributed by atoms with E-state index in [0.29, 0.717) is 0 Å². The first-order valence-electron chi connectivity index (χ1n) is 16.9. The van der Waals surface area contributed by atoms with Crippen molar-refractivity contribution >= 4 is 76.2 Å². The summed E-state index contributed by atoms with van der Waals surface area (Å²) in [6.07, 6.45) is 5.90. The molecule has 0 aliphatic rings. The first-order valence-corrected chi connectivity index (χ1v) is 17.8. The van der Waals surface area contributed by atoms with Gasteiger partial charge in [0.15, 0.2) is 0 Å². The number of hydrogen-bond acceptors (Lipinski definition) is 2. The molecule has 0 spiro atoms. The smallest absolute Gasteiger partial charge is 0.0476 e. The lowest BCUT2D eigenvalue weighted by atomic mass is 9.96. The molecular formula is C48H33NS. The molecule has 0 amide bonds. The van der Waals surface area contributed by atoms with E-state index in [0.717, 1.165) is 22.6 Å². The average molecular weight is 656 g/mol. The summed E-state index contributed by atoms with van der Waals surface area (Å²) >= 11 is 1.85. The maximum atomic E-state index is 3.86. The van der Waals surface area contributed by atoms with Crippen LogP contribution in [0.25, 0.3) is 70.0 Å². The Labute approximate surface area is 296 Å². The van der Waals surface area contributed by atoms with E-state index >= 15 is 0 Å².